The van der Waals surface area contributed by atoms with Crippen molar-refractivity contribution < 1.29 is 18.0 Å². The molecular weight excluding hydrogens is 521 g/mol. The van der Waals surface area contributed by atoms with Crippen LogP contribution in [0.15, 0.2) is 42.5 Å². The fourth-order valence-corrected chi connectivity index (χ4v) is 4.97. The number of carbonyl (C=O) groups is 2. The minimum atomic E-state index is -3.68. The maximum absolute atomic E-state index is 13.2. The molecule has 0 bridgehead atoms. The summed E-state index contributed by atoms with van der Waals surface area (Å²) in [6.45, 7) is 4.04. The molecule has 1 unspecified atom stereocenters. The van der Waals surface area contributed by atoms with E-state index in [0.29, 0.717) is 22.2 Å². The lowest BCUT2D eigenvalue weighted by Crippen LogP contribution is -2.47. The Labute approximate surface area is 216 Å². The molecule has 0 aliphatic heterocycles. The Bertz CT molecular complexity index is 1130. The molecule has 34 heavy (non-hydrogen) atoms. The van der Waals surface area contributed by atoms with Gasteiger partial charge in [0.05, 0.1) is 17.0 Å². The van der Waals surface area contributed by atoms with E-state index in [1.807, 2.05) is 0 Å². The maximum atomic E-state index is 13.2. The van der Waals surface area contributed by atoms with Gasteiger partial charge in [0, 0.05) is 36.1 Å². The van der Waals surface area contributed by atoms with Crippen LogP contribution in [0.25, 0.3) is 0 Å². The minimum Gasteiger partial charge on any atom is -0.355 e. The van der Waals surface area contributed by atoms with E-state index in [4.69, 9.17) is 34.8 Å². The summed E-state index contributed by atoms with van der Waals surface area (Å²) >= 11 is 18.5. The van der Waals surface area contributed by atoms with Crippen LogP contribution in [0.1, 0.15) is 32.3 Å². The topological polar surface area (TPSA) is 86.8 Å². The number of likely N-dealkylation sites (N-methyl/N-ethyl adjacent to an activating group) is 1. The first-order valence-electron chi connectivity index (χ1n) is 10.7. The second-order valence-corrected chi connectivity index (χ2v) is 10.9. The maximum Gasteiger partial charge on any atom is 0.242 e. The number of halogens is 3. The molecule has 2 rings (SSSR count). The summed E-state index contributed by atoms with van der Waals surface area (Å²) in [4.78, 5) is 27.1. The smallest absolute Gasteiger partial charge is 0.242 e. The average molecular weight is 549 g/mol. The number of nitrogens with one attached hydrogen (secondary N) is 1. The lowest BCUT2D eigenvalue weighted by atomic mass is 10.1. The van der Waals surface area contributed by atoms with Crippen molar-refractivity contribution in [3.8, 4) is 0 Å². The summed E-state index contributed by atoms with van der Waals surface area (Å²) in [5.74, 6) is -0.587. The Hall–Kier alpha value is -2.00. The molecular formula is C23H28Cl3N3O4S. The molecule has 1 atom stereocenters. The molecule has 2 aromatic carbocycles. The molecule has 0 spiro atoms. The Morgan fingerprint density at radius 3 is 2.35 bits per heavy atom. The highest BCUT2D eigenvalue weighted by atomic mass is 35.5. The monoisotopic (exact) mass is 547 g/mol. The zero-order valence-electron chi connectivity index (χ0n) is 19.2. The van der Waals surface area contributed by atoms with Gasteiger partial charge >= 0.3 is 0 Å². The van der Waals surface area contributed by atoms with Gasteiger partial charge in [-0.3, -0.25) is 13.9 Å². The molecule has 7 nitrogen and oxygen atoms in total. The third kappa shape index (κ3) is 7.77. The van der Waals surface area contributed by atoms with Crippen molar-refractivity contribution in [2.45, 2.75) is 39.3 Å². The second-order valence-electron chi connectivity index (χ2n) is 7.72. The molecule has 0 aromatic heterocycles. The number of nitrogens with zero attached hydrogens (tertiary/aromatic N) is 2. The highest BCUT2D eigenvalue weighted by molar-refractivity contribution is 7.92. The van der Waals surface area contributed by atoms with E-state index in [1.165, 1.54) is 17.0 Å². The molecule has 186 valence electrons. The SMILES string of the molecule is CCNC(=O)C(C)N(Cc1ccccc1Cl)C(=O)CCCN(c1cc(Cl)ccc1Cl)S(C)(=O)=O. The number of sulfonamides is 1. The van der Waals surface area contributed by atoms with Crippen molar-refractivity contribution in [1.29, 1.82) is 0 Å². The summed E-state index contributed by atoms with van der Waals surface area (Å²) in [5, 5.41) is 3.78. The fourth-order valence-electron chi connectivity index (χ4n) is 3.37. The van der Waals surface area contributed by atoms with Gasteiger partial charge in [-0.15, -0.1) is 0 Å². The summed E-state index contributed by atoms with van der Waals surface area (Å²) < 4.78 is 26.0. The van der Waals surface area contributed by atoms with E-state index in [1.54, 1.807) is 44.2 Å². The van der Waals surface area contributed by atoms with Gasteiger partial charge in [0.25, 0.3) is 0 Å². The number of anilines is 1. The van der Waals surface area contributed by atoms with Crippen molar-refractivity contribution in [2.24, 2.45) is 0 Å². The molecule has 0 saturated carbocycles. The number of hydrogen-bond donors (Lipinski definition) is 1. The quantitative estimate of drug-likeness (QED) is 0.439. The Balaban J connectivity index is 2.20. The number of amides is 2. The molecule has 0 aliphatic rings. The molecule has 0 heterocycles. The van der Waals surface area contributed by atoms with Crippen LogP contribution in [0.5, 0.6) is 0 Å². The predicted octanol–water partition coefficient (Wildman–Crippen LogP) is 4.75. The van der Waals surface area contributed by atoms with Gasteiger partial charge < -0.3 is 10.2 Å². The summed E-state index contributed by atoms with van der Waals surface area (Å²) in [5.41, 5.74) is 0.949. The largest absolute Gasteiger partial charge is 0.355 e. The third-order valence-corrected chi connectivity index (χ3v) is 7.25. The molecule has 1 N–H and O–H groups in total. The van der Waals surface area contributed by atoms with Crippen molar-refractivity contribution in [3.63, 3.8) is 0 Å². The van der Waals surface area contributed by atoms with Crippen LogP contribution in [0.3, 0.4) is 0 Å². The molecule has 2 aromatic rings. The highest BCUT2D eigenvalue weighted by Gasteiger charge is 2.27. The standard InChI is InChI=1S/C23H28Cl3N3O4S/c1-4-27-23(31)16(2)28(15-17-8-5-6-9-19(17)25)22(30)10-7-13-29(34(3,32)33)21-14-18(24)11-12-20(21)26/h5-6,8-9,11-12,14,16H,4,7,10,13,15H2,1-3H3,(H,27,31). The predicted molar refractivity (Wildman–Crippen MR) is 138 cm³/mol. The van der Waals surface area contributed by atoms with E-state index in [-0.39, 0.29) is 48.5 Å². The van der Waals surface area contributed by atoms with Gasteiger partial charge in [-0.05, 0) is 50.1 Å². The first-order chi connectivity index (χ1) is 16.0. The van der Waals surface area contributed by atoms with Gasteiger partial charge in [0.2, 0.25) is 21.8 Å². The fraction of sp³-hybridized carbons (Fsp3) is 0.391. The lowest BCUT2D eigenvalue weighted by Gasteiger charge is -2.29. The Kier molecular flexibility index (Phi) is 10.5. The lowest BCUT2D eigenvalue weighted by molar-refractivity contribution is -0.140. The van der Waals surface area contributed by atoms with Gasteiger partial charge in [-0.1, -0.05) is 53.0 Å². The summed E-state index contributed by atoms with van der Waals surface area (Å²) in [6.07, 6.45) is 1.28. The number of benzene rings is 2. The molecule has 0 saturated heterocycles. The Morgan fingerprint density at radius 2 is 1.74 bits per heavy atom. The van der Waals surface area contributed by atoms with Crippen LogP contribution in [0.2, 0.25) is 15.1 Å². The van der Waals surface area contributed by atoms with Crippen LogP contribution in [-0.4, -0.2) is 50.5 Å². The van der Waals surface area contributed by atoms with Crippen LogP contribution in [0, 0.1) is 0 Å². The van der Waals surface area contributed by atoms with Gasteiger partial charge in [0.1, 0.15) is 6.04 Å². The van der Waals surface area contributed by atoms with Crippen molar-refractivity contribution in [3.05, 3.63) is 63.1 Å². The molecule has 11 heteroatoms. The van der Waals surface area contributed by atoms with Crippen molar-refractivity contribution in [2.75, 3.05) is 23.7 Å². The van der Waals surface area contributed by atoms with Crippen LogP contribution in [0.4, 0.5) is 5.69 Å². The van der Waals surface area contributed by atoms with Gasteiger partial charge in [0.15, 0.2) is 0 Å². The van der Waals surface area contributed by atoms with E-state index >= 15 is 0 Å². The second kappa shape index (κ2) is 12.6. The average Bonchev–Trinajstić information content (AvgIpc) is 2.76. The Morgan fingerprint density at radius 1 is 1.06 bits per heavy atom. The molecule has 0 aliphatic carbocycles. The van der Waals surface area contributed by atoms with Crippen molar-refractivity contribution >= 4 is 62.3 Å². The van der Waals surface area contributed by atoms with Crippen LogP contribution < -0.4 is 9.62 Å². The van der Waals surface area contributed by atoms with E-state index in [2.05, 4.69) is 5.32 Å². The van der Waals surface area contributed by atoms with Crippen molar-refractivity contribution in [1.82, 2.24) is 10.2 Å². The third-order valence-electron chi connectivity index (χ3n) is 5.15. The first-order valence-corrected chi connectivity index (χ1v) is 13.7. The normalized spacial score (nSPS) is 12.2. The van der Waals surface area contributed by atoms with E-state index in [0.717, 1.165) is 10.6 Å². The zero-order valence-corrected chi connectivity index (χ0v) is 22.3. The number of carbonyl (C=O) groups excluding carboxylic acids is 2. The van der Waals surface area contributed by atoms with Gasteiger partial charge in [-0.2, -0.15) is 0 Å². The van der Waals surface area contributed by atoms with E-state index < -0.39 is 16.1 Å². The molecule has 2 amide bonds. The molecule has 0 fully saturated rings. The molecule has 0 radical (unpaired) electrons. The van der Waals surface area contributed by atoms with E-state index in [9.17, 15) is 18.0 Å². The number of rotatable bonds is 11. The van der Waals surface area contributed by atoms with Crippen LogP contribution in [-0.2, 0) is 26.2 Å². The first kappa shape index (κ1) is 28.2. The van der Waals surface area contributed by atoms with Crippen LogP contribution >= 0.6 is 34.8 Å². The number of hydrogen-bond acceptors (Lipinski definition) is 4. The zero-order chi connectivity index (χ0) is 25.5. The highest BCUT2D eigenvalue weighted by Crippen LogP contribution is 2.31. The van der Waals surface area contributed by atoms with Gasteiger partial charge in [-0.25, -0.2) is 8.42 Å². The summed E-state index contributed by atoms with van der Waals surface area (Å²) in [7, 11) is -3.68. The summed E-state index contributed by atoms with van der Waals surface area (Å²) in [6, 6.07) is 10.9. The minimum absolute atomic E-state index is 0.0123.